The Bertz CT molecular complexity index is 428. The zero-order chi connectivity index (χ0) is 13.7. The largest absolute Gasteiger partial charge is 0.480 e. The highest BCUT2D eigenvalue weighted by Gasteiger charge is 2.15. The number of amides is 1. The van der Waals surface area contributed by atoms with Crippen LogP contribution in [0, 0.1) is 0 Å². The van der Waals surface area contributed by atoms with E-state index < -0.39 is 12.0 Å². The van der Waals surface area contributed by atoms with E-state index in [4.69, 9.17) is 5.11 Å². The molecule has 2 N–H and O–H groups in total. The second kappa shape index (κ2) is 6.44. The Balaban J connectivity index is 2.67. The topological polar surface area (TPSA) is 66.4 Å². The molecule has 4 nitrogen and oxygen atoms in total. The van der Waals surface area contributed by atoms with Crippen molar-refractivity contribution in [1.29, 1.82) is 0 Å². The van der Waals surface area contributed by atoms with E-state index >= 15 is 0 Å². The van der Waals surface area contributed by atoms with Crippen molar-refractivity contribution in [2.45, 2.75) is 37.0 Å². The third-order valence-electron chi connectivity index (χ3n) is 2.21. The molecule has 5 heteroatoms. The highest BCUT2D eigenvalue weighted by molar-refractivity contribution is 7.99. The summed E-state index contributed by atoms with van der Waals surface area (Å²) in [6, 6.07) is 6.25. The number of carboxylic acid groups (broad SMARTS) is 1. The standard InChI is InChI=1S/C13H17NO3S/c1-8(2)18-11-6-4-10(5-7-11)12(15)14-9(3)13(16)17/h4-9H,1-3H3,(H,14,15)(H,16,17)/t9-/m0/s1. The predicted molar refractivity (Wildman–Crippen MR) is 72.0 cm³/mol. The Hall–Kier alpha value is -1.49. The first-order valence-corrected chi connectivity index (χ1v) is 6.58. The lowest BCUT2D eigenvalue weighted by Gasteiger charge is -2.10. The number of benzene rings is 1. The third kappa shape index (κ3) is 4.41. The smallest absolute Gasteiger partial charge is 0.325 e. The van der Waals surface area contributed by atoms with E-state index in [1.54, 1.807) is 23.9 Å². The summed E-state index contributed by atoms with van der Waals surface area (Å²) in [4.78, 5) is 23.4. The van der Waals surface area contributed by atoms with Crippen LogP contribution in [0.4, 0.5) is 0 Å². The molecule has 1 aromatic rings. The van der Waals surface area contributed by atoms with Gasteiger partial charge in [-0.1, -0.05) is 13.8 Å². The average molecular weight is 267 g/mol. The second-order valence-corrected chi connectivity index (χ2v) is 5.87. The number of thioether (sulfide) groups is 1. The molecule has 18 heavy (non-hydrogen) atoms. The van der Waals surface area contributed by atoms with Gasteiger partial charge < -0.3 is 10.4 Å². The van der Waals surface area contributed by atoms with Gasteiger partial charge in [0.2, 0.25) is 0 Å². The summed E-state index contributed by atoms with van der Waals surface area (Å²) in [7, 11) is 0. The predicted octanol–water partition coefficient (Wildman–Crippen LogP) is 2.39. The van der Waals surface area contributed by atoms with E-state index in [0.717, 1.165) is 4.90 Å². The van der Waals surface area contributed by atoms with Crippen LogP contribution < -0.4 is 5.32 Å². The van der Waals surface area contributed by atoms with Gasteiger partial charge in [-0.15, -0.1) is 11.8 Å². The number of hydrogen-bond donors (Lipinski definition) is 2. The number of aliphatic carboxylic acids is 1. The Morgan fingerprint density at radius 3 is 2.17 bits per heavy atom. The minimum Gasteiger partial charge on any atom is -0.480 e. The molecule has 0 spiro atoms. The van der Waals surface area contributed by atoms with Crippen LogP contribution in [0.2, 0.25) is 0 Å². The summed E-state index contributed by atoms with van der Waals surface area (Å²) in [6.45, 7) is 5.63. The van der Waals surface area contributed by atoms with Crippen molar-refractivity contribution in [2.75, 3.05) is 0 Å². The molecule has 0 unspecified atom stereocenters. The third-order valence-corrected chi connectivity index (χ3v) is 3.22. The van der Waals surface area contributed by atoms with Crippen LogP contribution in [0.5, 0.6) is 0 Å². The molecule has 1 atom stereocenters. The summed E-state index contributed by atoms with van der Waals surface area (Å²) in [6.07, 6.45) is 0. The first-order valence-electron chi connectivity index (χ1n) is 5.70. The van der Waals surface area contributed by atoms with Crippen LogP contribution >= 0.6 is 11.8 Å². The molecule has 0 aromatic heterocycles. The molecule has 98 valence electrons. The maximum atomic E-state index is 11.7. The molecule has 1 aromatic carbocycles. The Morgan fingerprint density at radius 2 is 1.72 bits per heavy atom. The van der Waals surface area contributed by atoms with Gasteiger partial charge in [-0.3, -0.25) is 9.59 Å². The van der Waals surface area contributed by atoms with Crippen molar-refractivity contribution in [3.8, 4) is 0 Å². The van der Waals surface area contributed by atoms with E-state index in [-0.39, 0.29) is 5.91 Å². The van der Waals surface area contributed by atoms with Crippen molar-refractivity contribution in [3.05, 3.63) is 29.8 Å². The summed E-state index contributed by atoms with van der Waals surface area (Å²) >= 11 is 1.71. The lowest BCUT2D eigenvalue weighted by Crippen LogP contribution is -2.38. The molecule has 1 rings (SSSR count). The molecule has 1 amide bonds. The van der Waals surface area contributed by atoms with E-state index in [1.165, 1.54) is 6.92 Å². The van der Waals surface area contributed by atoms with Crippen molar-refractivity contribution >= 4 is 23.6 Å². The van der Waals surface area contributed by atoms with Crippen molar-refractivity contribution in [2.24, 2.45) is 0 Å². The van der Waals surface area contributed by atoms with E-state index in [1.807, 2.05) is 12.1 Å². The Kier molecular flexibility index (Phi) is 5.22. The van der Waals surface area contributed by atoms with Gasteiger partial charge >= 0.3 is 5.97 Å². The summed E-state index contributed by atoms with van der Waals surface area (Å²) in [5, 5.41) is 11.6. The van der Waals surface area contributed by atoms with Gasteiger partial charge in [0.1, 0.15) is 6.04 Å². The van der Waals surface area contributed by atoms with Crippen LogP contribution in [0.1, 0.15) is 31.1 Å². The molecule has 0 fully saturated rings. The zero-order valence-corrected chi connectivity index (χ0v) is 11.5. The molecule has 0 heterocycles. The Labute approximate surface area is 111 Å². The molecule has 0 saturated carbocycles. The van der Waals surface area contributed by atoms with Crippen molar-refractivity contribution in [1.82, 2.24) is 5.32 Å². The fourth-order valence-corrected chi connectivity index (χ4v) is 2.14. The second-order valence-electron chi connectivity index (χ2n) is 4.22. The summed E-state index contributed by atoms with van der Waals surface area (Å²) in [5.74, 6) is -1.42. The zero-order valence-electron chi connectivity index (χ0n) is 10.6. The van der Waals surface area contributed by atoms with Crippen LogP contribution in [-0.4, -0.2) is 28.3 Å². The van der Waals surface area contributed by atoms with E-state index in [9.17, 15) is 9.59 Å². The molecule has 0 bridgehead atoms. The normalized spacial score (nSPS) is 12.2. The first kappa shape index (κ1) is 14.6. The van der Waals surface area contributed by atoms with Crippen LogP contribution in [0.15, 0.2) is 29.2 Å². The lowest BCUT2D eigenvalue weighted by atomic mass is 10.2. The maximum absolute atomic E-state index is 11.7. The molecular weight excluding hydrogens is 250 g/mol. The number of hydrogen-bond acceptors (Lipinski definition) is 3. The fraction of sp³-hybridized carbons (Fsp3) is 0.385. The molecule has 0 aliphatic heterocycles. The van der Waals surface area contributed by atoms with Gasteiger partial charge in [-0.25, -0.2) is 0 Å². The number of nitrogens with one attached hydrogen (secondary N) is 1. The fourth-order valence-electron chi connectivity index (χ4n) is 1.30. The van der Waals surface area contributed by atoms with Gasteiger partial charge in [-0.05, 0) is 31.2 Å². The number of rotatable bonds is 5. The molecular formula is C13H17NO3S. The van der Waals surface area contributed by atoms with Gasteiger partial charge in [-0.2, -0.15) is 0 Å². The maximum Gasteiger partial charge on any atom is 0.325 e. The van der Waals surface area contributed by atoms with Crippen LogP contribution in [0.25, 0.3) is 0 Å². The van der Waals surface area contributed by atoms with E-state index in [0.29, 0.717) is 10.8 Å². The highest BCUT2D eigenvalue weighted by atomic mass is 32.2. The minimum absolute atomic E-state index is 0.369. The van der Waals surface area contributed by atoms with Gasteiger partial charge in [0.05, 0.1) is 0 Å². The molecule has 0 aliphatic carbocycles. The Morgan fingerprint density at radius 1 is 1.17 bits per heavy atom. The first-order chi connectivity index (χ1) is 8.40. The van der Waals surface area contributed by atoms with E-state index in [2.05, 4.69) is 19.2 Å². The van der Waals surface area contributed by atoms with Crippen LogP contribution in [0.3, 0.4) is 0 Å². The number of carboxylic acids is 1. The molecule has 0 aliphatic rings. The number of carbonyl (C=O) groups excluding carboxylic acids is 1. The van der Waals surface area contributed by atoms with Crippen molar-refractivity contribution < 1.29 is 14.7 Å². The SMILES string of the molecule is CC(C)Sc1ccc(C(=O)N[C@@H](C)C(=O)O)cc1. The number of carbonyl (C=O) groups is 2. The average Bonchev–Trinajstić information content (AvgIpc) is 2.28. The highest BCUT2D eigenvalue weighted by Crippen LogP contribution is 2.22. The van der Waals surface area contributed by atoms with Crippen molar-refractivity contribution in [3.63, 3.8) is 0 Å². The van der Waals surface area contributed by atoms with Gasteiger partial charge in [0.25, 0.3) is 5.91 Å². The van der Waals surface area contributed by atoms with Gasteiger partial charge in [0.15, 0.2) is 0 Å². The molecule has 0 saturated heterocycles. The summed E-state index contributed by atoms with van der Waals surface area (Å²) in [5.41, 5.74) is 0.469. The lowest BCUT2D eigenvalue weighted by molar-refractivity contribution is -0.138. The van der Waals surface area contributed by atoms with Gasteiger partial charge in [0, 0.05) is 15.7 Å². The quantitative estimate of drug-likeness (QED) is 0.804. The molecule has 0 radical (unpaired) electrons. The minimum atomic E-state index is -1.05. The monoisotopic (exact) mass is 267 g/mol. The summed E-state index contributed by atoms with van der Waals surface area (Å²) < 4.78 is 0. The van der Waals surface area contributed by atoms with Crippen LogP contribution in [-0.2, 0) is 4.79 Å².